The van der Waals surface area contributed by atoms with Crippen LogP contribution in [0.15, 0.2) is 6.20 Å². The van der Waals surface area contributed by atoms with Crippen molar-refractivity contribution in [2.75, 3.05) is 17.6 Å². The van der Waals surface area contributed by atoms with Gasteiger partial charge in [0.25, 0.3) is 0 Å². The van der Waals surface area contributed by atoms with E-state index < -0.39 is 0 Å². The first-order valence-corrected chi connectivity index (χ1v) is 6.62. The normalized spacial score (nSPS) is 30.8. The van der Waals surface area contributed by atoms with E-state index >= 15 is 0 Å². The number of hydrogen-bond acceptors (Lipinski definition) is 4. The Hall–Kier alpha value is -1.03. The molecular weight excluding hydrogens is 236 g/mol. The molecule has 2 saturated carbocycles. The molecule has 2 aliphatic rings. The van der Waals surface area contributed by atoms with E-state index in [-0.39, 0.29) is 5.28 Å². The molecule has 92 valence electrons. The molecule has 0 spiro atoms. The first kappa shape index (κ1) is 11.1. The highest BCUT2D eigenvalue weighted by Gasteiger charge is 2.39. The molecule has 3 rings (SSSR count). The van der Waals surface area contributed by atoms with Crippen LogP contribution in [0.25, 0.3) is 0 Å². The molecule has 1 aromatic heterocycles. The number of anilines is 2. The van der Waals surface area contributed by atoms with Gasteiger partial charge in [0.15, 0.2) is 5.82 Å². The van der Waals surface area contributed by atoms with E-state index in [1.165, 1.54) is 25.7 Å². The lowest BCUT2D eigenvalue weighted by atomic mass is 9.89. The largest absolute Gasteiger partial charge is 0.394 e. The number of nitrogen functional groups attached to an aromatic ring is 1. The van der Waals surface area contributed by atoms with Crippen LogP contribution < -0.4 is 11.1 Å². The standard InChI is InChI=1S/C12H17ClN4/c13-12-16-6-10(14)11(17-12)15-5-9-4-7-1-2-8(9)3-7/h6-9H,1-5,14H2,(H,15,16,17). The topological polar surface area (TPSA) is 63.8 Å². The van der Waals surface area contributed by atoms with Gasteiger partial charge in [0.2, 0.25) is 5.28 Å². The fourth-order valence-corrected chi connectivity index (χ4v) is 3.50. The van der Waals surface area contributed by atoms with Crippen LogP contribution in [0, 0.1) is 17.8 Å². The van der Waals surface area contributed by atoms with Gasteiger partial charge >= 0.3 is 0 Å². The molecule has 2 bridgehead atoms. The highest BCUT2D eigenvalue weighted by molar-refractivity contribution is 6.28. The molecule has 0 radical (unpaired) electrons. The van der Waals surface area contributed by atoms with Crippen LogP contribution in [0.1, 0.15) is 25.7 Å². The smallest absolute Gasteiger partial charge is 0.224 e. The molecule has 3 unspecified atom stereocenters. The molecule has 17 heavy (non-hydrogen) atoms. The second-order valence-corrected chi connectivity index (χ2v) is 5.60. The van der Waals surface area contributed by atoms with Gasteiger partial charge in [-0.05, 0) is 48.6 Å². The van der Waals surface area contributed by atoms with Gasteiger partial charge in [-0.2, -0.15) is 4.98 Å². The van der Waals surface area contributed by atoms with E-state index in [1.807, 2.05) is 0 Å². The van der Waals surface area contributed by atoms with Crippen molar-refractivity contribution in [1.82, 2.24) is 9.97 Å². The van der Waals surface area contributed by atoms with Gasteiger partial charge in [-0.3, -0.25) is 0 Å². The maximum absolute atomic E-state index is 5.80. The zero-order valence-corrected chi connectivity index (χ0v) is 10.5. The highest BCUT2D eigenvalue weighted by Crippen LogP contribution is 2.48. The minimum Gasteiger partial charge on any atom is -0.394 e. The molecule has 3 atom stereocenters. The van der Waals surface area contributed by atoms with Crippen LogP contribution >= 0.6 is 11.6 Å². The van der Waals surface area contributed by atoms with Crippen LogP contribution in [0.2, 0.25) is 5.28 Å². The fraction of sp³-hybridized carbons (Fsp3) is 0.667. The molecule has 3 N–H and O–H groups in total. The van der Waals surface area contributed by atoms with Gasteiger partial charge in [-0.1, -0.05) is 6.42 Å². The van der Waals surface area contributed by atoms with Gasteiger partial charge in [-0.25, -0.2) is 4.98 Å². The first-order chi connectivity index (χ1) is 8.22. The quantitative estimate of drug-likeness (QED) is 0.812. The number of nitrogens with zero attached hydrogens (tertiary/aromatic N) is 2. The summed E-state index contributed by atoms with van der Waals surface area (Å²) in [4.78, 5) is 7.96. The average Bonchev–Trinajstić information content (AvgIpc) is 2.92. The lowest BCUT2D eigenvalue weighted by Crippen LogP contribution is -2.21. The number of aromatic nitrogens is 2. The van der Waals surface area contributed by atoms with Crippen LogP contribution in [0.3, 0.4) is 0 Å². The van der Waals surface area contributed by atoms with E-state index in [0.29, 0.717) is 11.5 Å². The summed E-state index contributed by atoms with van der Waals surface area (Å²) in [6, 6.07) is 0. The molecular formula is C12H17ClN4. The number of rotatable bonds is 3. The Labute approximate surface area is 106 Å². The summed E-state index contributed by atoms with van der Waals surface area (Å²) in [5.41, 5.74) is 6.37. The fourth-order valence-electron chi connectivity index (χ4n) is 3.37. The molecule has 2 aliphatic carbocycles. The Balaban J connectivity index is 1.62. The van der Waals surface area contributed by atoms with Crippen LogP contribution in [-0.4, -0.2) is 16.5 Å². The van der Waals surface area contributed by atoms with Crippen molar-refractivity contribution in [3.8, 4) is 0 Å². The minimum atomic E-state index is 0.245. The molecule has 5 heteroatoms. The monoisotopic (exact) mass is 252 g/mol. The van der Waals surface area contributed by atoms with Crippen molar-refractivity contribution in [3.63, 3.8) is 0 Å². The Morgan fingerprint density at radius 2 is 2.29 bits per heavy atom. The number of hydrogen-bond donors (Lipinski definition) is 2. The number of nitrogens with one attached hydrogen (secondary N) is 1. The number of fused-ring (bicyclic) bond motifs is 2. The molecule has 0 aromatic carbocycles. The molecule has 0 aliphatic heterocycles. The van der Waals surface area contributed by atoms with E-state index in [9.17, 15) is 0 Å². The predicted molar refractivity (Wildman–Crippen MR) is 68.9 cm³/mol. The summed E-state index contributed by atoms with van der Waals surface area (Å²) in [6.45, 7) is 0.957. The SMILES string of the molecule is Nc1cnc(Cl)nc1NCC1CC2CCC1C2. The van der Waals surface area contributed by atoms with Gasteiger partial charge in [-0.15, -0.1) is 0 Å². The van der Waals surface area contributed by atoms with Crippen molar-refractivity contribution < 1.29 is 0 Å². The molecule has 0 amide bonds. The minimum absolute atomic E-state index is 0.245. The van der Waals surface area contributed by atoms with Crippen molar-refractivity contribution in [1.29, 1.82) is 0 Å². The van der Waals surface area contributed by atoms with Crippen molar-refractivity contribution >= 4 is 23.1 Å². The van der Waals surface area contributed by atoms with Gasteiger partial charge in [0, 0.05) is 6.54 Å². The maximum Gasteiger partial charge on any atom is 0.224 e. The summed E-state index contributed by atoms with van der Waals surface area (Å²) >= 11 is 5.76. The molecule has 1 aromatic rings. The van der Waals surface area contributed by atoms with Crippen molar-refractivity contribution in [2.24, 2.45) is 17.8 Å². The third-order valence-electron chi connectivity index (χ3n) is 4.20. The van der Waals surface area contributed by atoms with Crippen molar-refractivity contribution in [2.45, 2.75) is 25.7 Å². The molecule has 2 fully saturated rings. The maximum atomic E-state index is 5.80. The predicted octanol–water partition coefficient (Wildman–Crippen LogP) is 2.56. The second-order valence-electron chi connectivity index (χ2n) is 5.26. The molecule has 1 heterocycles. The van der Waals surface area contributed by atoms with Crippen molar-refractivity contribution in [3.05, 3.63) is 11.5 Å². The van der Waals surface area contributed by atoms with Gasteiger partial charge < -0.3 is 11.1 Å². The van der Waals surface area contributed by atoms with Gasteiger partial charge in [0.1, 0.15) is 0 Å². The lowest BCUT2D eigenvalue weighted by molar-refractivity contribution is 0.348. The van der Waals surface area contributed by atoms with Crippen LogP contribution in [0.5, 0.6) is 0 Å². The number of nitrogens with two attached hydrogens (primary N) is 1. The average molecular weight is 253 g/mol. The van der Waals surface area contributed by atoms with E-state index in [2.05, 4.69) is 15.3 Å². The lowest BCUT2D eigenvalue weighted by Gasteiger charge is -2.22. The Kier molecular flexibility index (Phi) is 2.82. The first-order valence-electron chi connectivity index (χ1n) is 6.24. The summed E-state index contributed by atoms with van der Waals surface area (Å²) in [6.07, 6.45) is 7.17. The zero-order valence-electron chi connectivity index (χ0n) is 9.69. The summed E-state index contributed by atoms with van der Waals surface area (Å²) < 4.78 is 0. The summed E-state index contributed by atoms with van der Waals surface area (Å²) in [5, 5.41) is 3.57. The molecule has 4 nitrogen and oxygen atoms in total. The third kappa shape index (κ3) is 2.18. The zero-order chi connectivity index (χ0) is 11.8. The Bertz CT molecular complexity index is 423. The third-order valence-corrected chi connectivity index (χ3v) is 4.39. The molecule has 0 saturated heterocycles. The summed E-state index contributed by atoms with van der Waals surface area (Å²) in [7, 11) is 0. The van der Waals surface area contributed by atoms with Crippen LogP contribution in [0.4, 0.5) is 11.5 Å². The van der Waals surface area contributed by atoms with E-state index in [1.54, 1.807) is 6.20 Å². The Morgan fingerprint density at radius 1 is 1.41 bits per heavy atom. The van der Waals surface area contributed by atoms with Gasteiger partial charge in [0.05, 0.1) is 11.9 Å². The number of halogens is 1. The van der Waals surface area contributed by atoms with E-state index in [4.69, 9.17) is 17.3 Å². The second kappa shape index (κ2) is 4.33. The van der Waals surface area contributed by atoms with E-state index in [0.717, 1.165) is 24.3 Å². The summed E-state index contributed by atoms with van der Waals surface area (Å²) in [5.74, 6) is 3.33. The van der Waals surface area contributed by atoms with Crippen LogP contribution in [-0.2, 0) is 0 Å². The Morgan fingerprint density at radius 3 is 3.00 bits per heavy atom. The highest BCUT2D eigenvalue weighted by atomic mass is 35.5.